The van der Waals surface area contributed by atoms with Crippen molar-refractivity contribution in [1.29, 1.82) is 5.26 Å². The number of fused-ring (bicyclic) bond motifs is 1. The van der Waals surface area contributed by atoms with Crippen LogP contribution in [0.25, 0.3) is 17.0 Å². The first-order valence-electron chi connectivity index (χ1n) is 8.16. The third-order valence-corrected chi connectivity index (χ3v) is 4.27. The summed E-state index contributed by atoms with van der Waals surface area (Å²) in [6.45, 7) is 2.04. The van der Waals surface area contributed by atoms with E-state index < -0.39 is 11.5 Å². The average molecular weight is 337 g/mol. The van der Waals surface area contributed by atoms with Gasteiger partial charge in [0.15, 0.2) is 0 Å². The Kier molecular flexibility index (Phi) is 4.57. The zero-order valence-electron chi connectivity index (χ0n) is 14.3. The summed E-state index contributed by atoms with van der Waals surface area (Å²) in [5, 5.41) is 9.96. The molecular weight excluding hydrogens is 318 g/mol. The first-order valence-corrected chi connectivity index (χ1v) is 8.16. The Balaban J connectivity index is 2.06. The summed E-state index contributed by atoms with van der Waals surface area (Å²) in [6.07, 6.45) is 3.64. The summed E-state index contributed by atoms with van der Waals surface area (Å²) in [5.41, 5.74) is 1.09. The molecule has 1 saturated heterocycles. The number of rotatable bonds is 3. The van der Waals surface area contributed by atoms with Crippen molar-refractivity contribution >= 4 is 28.6 Å². The van der Waals surface area contributed by atoms with Gasteiger partial charge in [-0.1, -0.05) is 0 Å². The minimum Gasteiger partial charge on any atom is -0.422 e. The van der Waals surface area contributed by atoms with Crippen LogP contribution < -0.4 is 10.5 Å². The summed E-state index contributed by atoms with van der Waals surface area (Å²) >= 11 is 0. The highest BCUT2D eigenvalue weighted by atomic mass is 16.4. The summed E-state index contributed by atoms with van der Waals surface area (Å²) in [5.74, 6) is -0.451. The number of nitrogens with zero attached hydrogens (tertiary/aromatic N) is 3. The molecule has 2 heterocycles. The van der Waals surface area contributed by atoms with Crippen molar-refractivity contribution < 1.29 is 9.21 Å². The van der Waals surface area contributed by atoms with E-state index in [-0.39, 0.29) is 11.1 Å². The first kappa shape index (κ1) is 16.8. The van der Waals surface area contributed by atoms with E-state index in [1.807, 2.05) is 18.2 Å². The molecule has 0 atom stereocenters. The molecule has 0 saturated carbocycles. The standard InChI is InChI=1S/C19H19N3O3/c1-21(2)18(23)15(12-20)10-14-9-13-11-16(22-7-3-4-8-22)5-6-17(13)25-19(14)24/h5-6,9-11H,3-4,7-8H2,1-2H3. The average Bonchev–Trinajstić information content (AvgIpc) is 3.13. The SMILES string of the molecule is CN(C)C(=O)C(C#N)=Cc1cc2cc(N3CCCC3)ccc2oc1=O. The molecule has 6 heteroatoms. The molecule has 1 aromatic carbocycles. The zero-order valence-corrected chi connectivity index (χ0v) is 14.3. The van der Waals surface area contributed by atoms with E-state index in [2.05, 4.69) is 4.90 Å². The molecule has 0 aliphatic carbocycles. The fourth-order valence-corrected chi connectivity index (χ4v) is 2.94. The van der Waals surface area contributed by atoms with Gasteiger partial charge in [-0.3, -0.25) is 4.79 Å². The molecule has 0 unspecified atom stereocenters. The molecule has 1 aliphatic rings. The van der Waals surface area contributed by atoms with Gasteiger partial charge in [-0.2, -0.15) is 5.26 Å². The molecular formula is C19H19N3O3. The Morgan fingerprint density at radius 2 is 2.00 bits per heavy atom. The smallest absolute Gasteiger partial charge is 0.343 e. The predicted octanol–water partition coefficient (Wildman–Crippen LogP) is 2.39. The van der Waals surface area contributed by atoms with Crippen LogP contribution in [-0.4, -0.2) is 38.0 Å². The van der Waals surface area contributed by atoms with Crippen molar-refractivity contribution in [2.24, 2.45) is 0 Å². The Morgan fingerprint density at radius 1 is 1.28 bits per heavy atom. The van der Waals surface area contributed by atoms with Gasteiger partial charge in [0.25, 0.3) is 5.91 Å². The van der Waals surface area contributed by atoms with Gasteiger partial charge in [0.2, 0.25) is 0 Å². The largest absolute Gasteiger partial charge is 0.422 e. The van der Waals surface area contributed by atoms with Gasteiger partial charge in [0.1, 0.15) is 17.2 Å². The lowest BCUT2D eigenvalue weighted by molar-refractivity contribution is -0.124. The monoisotopic (exact) mass is 337 g/mol. The van der Waals surface area contributed by atoms with E-state index >= 15 is 0 Å². The van der Waals surface area contributed by atoms with Crippen molar-refractivity contribution in [3.05, 3.63) is 45.8 Å². The third-order valence-electron chi connectivity index (χ3n) is 4.27. The van der Waals surface area contributed by atoms with E-state index in [1.165, 1.54) is 23.8 Å². The molecule has 1 aliphatic heterocycles. The van der Waals surface area contributed by atoms with E-state index in [0.29, 0.717) is 5.58 Å². The lowest BCUT2D eigenvalue weighted by Gasteiger charge is -2.17. The maximum atomic E-state index is 12.2. The summed E-state index contributed by atoms with van der Waals surface area (Å²) in [6, 6.07) is 9.22. The molecule has 0 radical (unpaired) electrons. The van der Waals surface area contributed by atoms with Gasteiger partial charge in [-0.05, 0) is 43.2 Å². The topological polar surface area (TPSA) is 77.6 Å². The third kappa shape index (κ3) is 3.41. The Hall–Kier alpha value is -3.07. The van der Waals surface area contributed by atoms with Crippen LogP contribution in [0.15, 0.2) is 39.1 Å². The van der Waals surface area contributed by atoms with Gasteiger partial charge in [-0.25, -0.2) is 4.79 Å². The van der Waals surface area contributed by atoms with Crippen LogP contribution >= 0.6 is 0 Å². The lowest BCUT2D eigenvalue weighted by atomic mass is 10.1. The van der Waals surface area contributed by atoms with E-state index in [4.69, 9.17) is 4.42 Å². The minimum atomic E-state index is -0.569. The highest BCUT2D eigenvalue weighted by molar-refractivity contribution is 6.01. The van der Waals surface area contributed by atoms with Crippen LogP contribution in [-0.2, 0) is 4.79 Å². The molecule has 25 heavy (non-hydrogen) atoms. The number of carbonyl (C=O) groups is 1. The molecule has 1 aromatic heterocycles. The second-order valence-electron chi connectivity index (χ2n) is 6.27. The van der Waals surface area contributed by atoms with Crippen molar-refractivity contribution in [3.63, 3.8) is 0 Å². The highest BCUT2D eigenvalue weighted by Crippen LogP contribution is 2.25. The van der Waals surface area contributed by atoms with Crippen LogP contribution in [0.4, 0.5) is 5.69 Å². The highest BCUT2D eigenvalue weighted by Gasteiger charge is 2.15. The normalized spacial score (nSPS) is 14.6. The van der Waals surface area contributed by atoms with Crippen molar-refractivity contribution in [2.75, 3.05) is 32.1 Å². The van der Waals surface area contributed by atoms with Gasteiger partial charge in [0.05, 0.1) is 5.56 Å². The Labute approximate surface area is 145 Å². The number of carbonyl (C=O) groups excluding carboxylic acids is 1. The molecule has 6 nitrogen and oxygen atoms in total. The second-order valence-corrected chi connectivity index (χ2v) is 6.27. The Morgan fingerprint density at radius 3 is 2.64 bits per heavy atom. The Bertz CT molecular complexity index is 945. The molecule has 0 N–H and O–H groups in total. The fraction of sp³-hybridized carbons (Fsp3) is 0.316. The molecule has 0 spiro atoms. The van der Waals surface area contributed by atoms with Crippen molar-refractivity contribution in [1.82, 2.24) is 4.90 Å². The quantitative estimate of drug-likeness (QED) is 0.488. The maximum Gasteiger partial charge on any atom is 0.343 e. The zero-order chi connectivity index (χ0) is 18.0. The molecule has 1 fully saturated rings. The maximum absolute atomic E-state index is 12.2. The van der Waals surface area contributed by atoms with E-state index in [0.717, 1.165) is 24.2 Å². The number of anilines is 1. The number of hydrogen-bond donors (Lipinski definition) is 0. The van der Waals surface area contributed by atoms with Crippen LogP contribution in [0.1, 0.15) is 18.4 Å². The molecule has 128 valence electrons. The van der Waals surface area contributed by atoms with Gasteiger partial charge < -0.3 is 14.2 Å². The minimum absolute atomic E-state index is 0.104. The van der Waals surface area contributed by atoms with E-state index in [1.54, 1.807) is 26.2 Å². The van der Waals surface area contributed by atoms with Gasteiger partial charge in [-0.15, -0.1) is 0 Å². The first-order chi connectivity index (χ1) is 12.0. The molecule has 2 aromatic rings. The number of nitriles is 1. The second kappa shape index (κ2) is 6.81. The predicted molar refractivity (Wildman–Crippen MR) is 96.2 cm³/mol. The van der Waals surface area contributed by atoms with Crippen LogP contribution in [0.2, 0.25) is 0 Å². The van der Waals surface area contributed by atoms with Crippen LogP contribution in [0.5, 0.6) is 0 Å². The molecule has 3 rings (SSSR count). The van der Waals surface area contributed by atoms with Crippen molar-refractivity contribution in [3.8, 4) is 6.07 Å². The molecule has 0 bridgehead atoms. The summed E-state index contributed by atoms with van der Waals surface area (Å²) < 4.78 is 5.34. The van der Waals surface area contributed by atoms with Crippen LogP contribution in [0, 0.1) is 11.3 Å². The summed E-state index contributed by atoms with van der Waals surface area (Å²) in [7, 11) is 3.11. The number of benzene rings is 1. The van der Waals surface area contributed by atoms with E-state index in [9.17, 15) is 14.9 Å². The number of likely N-dealkylation sites (N-methyl/N-ethyl adjacent to an activating group) is 1. The van der Waals surface area contributed by atoms with Crippen LogP contribution in [0.3, 0.4) is 0 Å². The summed E-state index contributed by atoms with van der Waals surface area (Å²) in [4.78, 5) is 27.7. The van der Waals surface area contributed by atoms with Gasteiger partial charge >= 0.3 is 5.63 Å². The fourth-order valence-electron chi connectivity index (χ4n) is 2.94. The number of amides is 1. The van der Waals surface area contributed by atoms with Crippen molar-refractivity contribution in [2.45, 2.75) is 12.8 Å². The molecule has 1 amide bonds. The van der Waals surface area contributed by atoms with Gasteiger partial charge in [0, 0.05) is 38.3 Å². The number of hydrogen-bond acceptors (Lipinski definition) is 5. The lowest BCUT2D eigenvalue weighted by Crippen LogP contribution is -2.23.